The Kier molecular flexibility index (Phi) is 6.66. The molecule has 0 fully saturated rings. The van der Waals surface area contributed by atoms with Gasteiger partial charge >= 0.3 is 5.97 Å². The van der Waals surface area contributed by atoms with Gasteiger partial charge in [0, 0.05) is 4.88 Å². The van der Waals surface area contributed by atoms with E-state index in [2.05, 4.69) is 10.6 Å². The fraction of sp³-hybridized carbons (Fsp3) is 0.278. The number of amides is 1. The SMILES string of the molecule is CCOC(=O)c1c(NC(=S)NC(=O)Cc2ccccc2)sc(C)c1C. The molecule has 0 atom stereocenters. The number of aryl methyl sites for hydroxylation is 1. The van der Waals surface area contributed by atoms with Gasteiger partial charge in [-0.2, -0.15) is 0 Å². The zero-order chi connectivity index (χ0) is 18.4. The molecule has 2 aromatic rings. The molecule has 1 heterocycles. The van der Waals surface area contributed by atoms with Gasteiger partial charge in [-0.05, 0) is 44.1 Å². The Hall–Kier alpha value is -2.25. The third kappa shape index (κ3) is 5.11. The summed E-state index contributed by atoms with van der Waals surface area (Å²) in [5, 5.41) is 6.33. The van der Waals surface area contributed by atoms with E-state index in [1.807, 2.05) is 44.2 Å². The highest BCUT2D eigenvalue weighted by molar-refractivity contribution is 7.80. The van der Waals surface area contributed by atoms with E-state index in [0.717, 1.165) is 16.0 Å². The van der Waals surface area contributed by atoms with Gasteiger partial charge in [-0.1, -0.05) is 30.3 Å². The number of carbonyl (C=O) groups excluding carboxylic acids is 2. The first-order valence-corrected chi connectivity index (χ1v) is 9.06. The van der Waals surface area contributed by atoms with E-state index in [-0.39, 0.29) is 17.4 Å². The van der Waals surface area contributed by atoms with Gasteiger partial charge in [0.05, 0.1) is 18.6 Å². The van der Waals surface area contributed by atoms with Gasteiger partial charge in [0.15, 0.2) is 5.11 Å². The number of thiocarbonyl (C=S) groups is 1. The molecule has 2 rings (SSSR count). The molecule has 1 aromatic heterocycles. The van der Waals surface area contributed by atoms with Crippen LogP contribution in [0, 0.1) is 13.8 Å². The van der Waals surface area contributed by atoms with E-state index in [0.29, 0.717) is 17.2 Å². The fourth-order valence-corrected chi connectivity index (χ4v) is 3.58. The number of carbonyl (C=O) groups is 2. The van der Waals surface area contributed by atoms with Gasteiger partial charge in [-0.15, -0.1) is 11.3 Å². The van der Waals surface area contributed by atoms with Crippen LogP contribution in [0.2, 0.25) is 0 Å². The topological polar surface area (TPSA) is 67.4 Å². The maximum Gasteiger partial charge on any atom is 0.341 e. The van der Waals surface area contributed by atoms with Gasteiger partial charge in [-0.3, -0.25) is 4.79 Å². The molecule has 1 amide bonds. The van der Waals surface area contributed by atoms with Crippen molar-refractivity contribution in [1.29, 1.82) is 0 Å². The van der Waals surface area contributed by atoms with Crippen LogP contribution in [0.5, 0.6) is 0 Å². The lowest BCUT2D eigenvalue weighted by Gasteiger charge is -2.10. The van der Waals surface area contributed by atoms with Crippen LogP contribution in [-0.4, -0.2) is 23.6 Å². The summed E-state index contributed by atoms with van der Waals surface area (Å²) in [6.07, 6.45) is 0.232. The maximum atomic E-state index is 12.2. The Bertz CT molecular complexity index is 785. The van der Waals surface area contributed by atoms with Crippen molar-refractivity contribution >= 4 is 45.5 Å². The highest BCUT2D eigenvalue weighted by Gasteiger charge is 2.21. The first kappa shape index (κ1) is 19.1. The number of hydrogen-bond acceptors (Lipinski definition) is 5. The summed E-state index contributed by atoms with van der Waals surface area (Å²) >= 11 is 6.61. The van der Waals surface area contributed by atoms with Gasteiger partial charge in [-0.25, -0.2) is 4.79 Å². The second kappa shape index (κ2) is 8.73. The summed E-state index contributed by atoms with van der Waals surface area (Å²) in [5.74, 6) is -0.614. The number of hydrogen-bond donors (Lipinski definition) is 2. The van der Waals surface area contributed by atoms with Crippen LogP contribution in [0.1, 0.15) is 33.3 Å². The number of thiophene rings is 1. The third-order valence-corrected chi connectivity index (χ3v) is 4.88. The number of esters is 1. The smallest absolute Gasteiger partial charge is 0.341 e. The first-order chi connectivity index (χ1) is 11.9. The van der Waals surface area contributed by atoms with Crippen LogP contribution in [0.25, 0.3) is 0 Å². The van der Waals surface area contributed by atoms with Crippen molar-refractivity contribution in [1.82, 2.24) is 5.32 Å². The zero-order valence-corrected chi connectivity index (χ0v) is 16.0. The summed E-state index contributed by atoms with van der Waals surface area (Å²) in [5.41, 5.74) is 2.21. The Morgan fingerprint density at radius 2 is 1.88 bits per heavy atom. The number of ether oxygens (including phenoxy) is 1. The van der Waals surface area contributed by atoms with E-state index in [4.69, 9.17) is 17.0 Å². The maximum absolute atomic E-state index is 12.2. The number of anilines is 1. The van der Waals surface area contributed by atoms with Crippen LogP contribution < -0.4 is 10.6 Å². The number of rotatable bonds is 5. The summed E-state index contributed by atoms with van der Waals surface area (Å²) in [7, 11) is 0. The Morgan fingerprint density at radius 3 is 2.52 bits per heavy atom. The van der Waals surface area contributed by atoms with Crippen molar-refractivity contribution in [2.24, 2.45) is 0 Å². The van der Waals surface area contributed by atoms with Crippen molar-refractivity contribution in [2.45, 2.75) is 27.2 Å². The molecule has 0 radical (unpaired) electrons. The van der Waals surface area contributed by atoms with Crippen molar-refractivity contribution in [3.8, 4) is 0 Å². The Balaban J connectivity index is 2.04. The van der Waals surface area contributed by atoms with E-state index in [1.54, 1.807) is 6.92 Å². The lowest BCUT2D eigenvalue weighted by Crippen LogP contribution is -2.35. The molecule has 0 saturated heterocycles. The van der Waals surface area contributed by atoms with Crippen molar-refractivity contribution < 1.29 is 14.3 Å². The molecule has 0 saturated carbocycles. The molecule has 2 N–H and O–H groups in total. The van der Waals surface area contributed by atoms with E-state index < -0.39 is 5.97 Å². The van der Waals surface area contributed by atoms with Gasteiger partial charge < -0.3 is 15.4 Å². The summed E-state index contributed by atoms with van der Waals surface area (Å²) in [6, 6.07) is 9.40. The van der Waals surface area contributed by atoms with E-state index in [1.165, 1.54) is 11.3 Å². The molecule has 0 unspecified atom stereocenters. The van der Waals surface area contributed by atoms with Crippen molar-refractivity contribution in [2.75, 3.05) is 11.9 Å². The minimum atomic E-state index is -0.398. The molecule has 5 nitrogen and oxygen atoms in total. The predicted octanol–water partition coefficient (Wildman–Crippen LogP) is 3.60. The highest BCUT2D eigenvalue weighted by atomic mass is 32.1. The van der Waals surface area contributed by atoms with Crippen LogP contribution in [-0.2, 0) is 16.0 Å². The molecule has 7 heteroatoms. The fourth-order valence-electron chi connectivity index (χ4n) is 2.25. The lowest BCUT2D eigenvalue weighted by molar-refractivity contribution is -0.119. The molecule has 1 aromatic carbocycles. The highest BCUT2D eigenvalue weighted by Crippen LogP contribution is 2.32. The minimum Gasteiger partial charge on any atom is -0.462 e. The van der Waals surface area contributed by atoms with Crippen LogP contribution in [0.3, 0.4) is 0 Å². The predicted molar refractivity (Wildman–Crippen MR) is 104 cm³/mol. The van der Waals surface area contributed by atoms with Crippen LogP contribution in [0.15, 0.2) is 30.3 Å². The minimum absolute atomic E-state index is 0.160. The van der Waals surface area contributed by atoms with Crippen molar-refractivity contribution in [3.63, 3.8) is 0 Å². The molecule has 0 aliphatic heterocycles. The van der Waals surface area contributed by atoms with E-state index >= 15 is 0 Å². The molecule has 132 valence electrons. The number of nitrogens with one attached hydrogen (secondary N) is 2. The quantitative estimate of drug-likeness (QED) is 0.616. The normalized spacial score (nSPS) is 10.2. The summed E-state index contributed by atoms with van der Waals surface area (Å²) in [4.78, 5) is 25.2. The first-order valence-electron chi connectivity index (χ1n) is 7.84. The molecule has 0 bridgehead atoms. The molecular formula is C18H20N2O3S2. The van der Waals surface area contributed by atoms with Crippen LogP contribution >= 0.6 is 23.6 Å². The second-order valence-corrected chi connectivity index (χ2v) is 7.01. The third-order valence-electron chi connectivity index (χ3n) is 3.55. The number of benzene rings is 1. The zero-order valence-electron chi connectivity index (χ0n) is 14.3. The molecule has 0 aliphatic carbocycles. The molecular weight excluding hydrogens is 356 g/mol. The summed E-state index contributed by atoms with van der Waals surface area (Å²) in [6.45, 7) is 5.84. The second-order valence-electron chi connectivity index (χ2n) is 5.37. The Labute approximate surface area is 156 Å². The van der Waals surface area contributed by atoms with Gasteiger partial charge in [0.1, 0.15) is 5.00 Å². The van der Waals surface area contributed by atoms with Crippen molar-refractivity contribution in [3.05, 3.63) is 51.9 Å². The monoisotopic (exact) mass is 376 g/mol. The standard InChI is InChI=1S/C18H20N2O3S2/c1-4-23-17(22)15-11(2)12(3)25-16(15)20-18(24)19-14(21)10-13-8-6-5-7-9-13/h5-9H,4,10H2,1-3H3,(H2,19,20,21,24). The Morgan fingerprint density at radius 1 is 1.20 bits per heavy atom. The molecule has 25 heavy (non-hydrogen) atoms. The van der Waals surface area contributed by atoms with Gasteiger partial charge in [0.2, 0.25) is 5.91 Å². The van der Waals surface area contributed by atoms with Crippen LogP contribution in [0.4, 0.5) is 5.00 Å². The lowest BCUT2D eigenvalue weighted by atomic mass is 10.1. The largest absolute Gasteiger partial charge is 0.462 e. The molecule has 0 aliphatic rings. The van der Waals surface area contributed by atoms with E-state index in [9.17, 15) is 9.59 Å². The summed E-state index contributed by atoms with van der Waals surface area (Å²) < 4.78 is 5.10. The average Bonchev–Trinajstić information content (AvgIpc) is 2.82. The van der Waals surface area contributed by atoms with Gasteiger partial charge in [0.25, 0.3) is 0 Å². The average molecular weight is 377 g/mol. The molecule has 0 spiro atoms.